The number of rotatable bonds is 4. The number of hydrogen-bond acceptors (Lipinski definition) is 1. The number of fused-ring (bicyclic) bond motifs is 2. The van der Waals surface area contributed by atoms with E-state index in [0.29, 0.717) is 30.4 Å². The van der Waals surface area contributed by atoms with E-state index in [1.165, 1.54) is 25.3 Å². The van der Waals surface area contributed by atoms with Gasteiger partial charge in [-0.2, -0.15) is 0 Å². The van der Waals surface area contributed by atoms with Gasteiger partial charge in [-0.1, -0.05) is 24.6 Å². The fraction of sp³-hybridized carbons (Fsp3) is 0.562. The summed E-state index contributed by atoms with van der Waals surface area (Å²) in [7, 11) is 0. The topological polar surface area (TPSA) is 29.1 Å². The van der Waals surface area contributed by atoms with E-state index in [4.69, 9.17) is 0 Å². The van der Waals surface area contributed by atoms with Crippen LogP contribution in [0.5, 0.6) is 0 Å². The van der Waals surface area contributed by atoms with Gasteiger partial charge in [-0.15, -0.1) is 0 Å². The highest BCUT2D eigenvalue weighted by molar-refractivity contribution is 5.76. The number of hydrogen-bond donors (Lipinski definition) is 1. The second-order valence-corrected chi connectivity index (χ2v) is 5.94. The van der Waals surface area contributed by atoms with Crippen molar-refractivity contribution in [1.29, 1.82) is 0 Å². The largest absolute Gasteiger partial charge is 0.353 e. The molecule has 2 bridgehead atoms. The monoisotopic (exact) mass is 261 g/mol. The van der Waals surface area contributed by atoms with Crippen LogP contribution in [0.25, 0.3) is 0 Å². The van der Waals surface area contributed by atoms with Gasteiger partial charge >= 0.3 is 0 Å². The Morgan fingerprint density at radius 2 is 2.11 bits per heavy atom. The van der Waals surface area contributed by atoms with Crippen LogP contribution in [0.15, 0.2) is 24.3 Å². The molecule has 19 heavy (non-hydrogen) atoms. The normalized spacial score (nSPS) is 28.6. The Morgan fingerprint density at radius 1 is 1.26 bits per heavy atom. The Morgan fingerprint density at radius 3 is 2.79 bits per heavy atom. The van der Waals surface area contributed by atoms with Crippen LogP contribution in [0.3, 0.4) is 0 Å². The third-order valence-corrected chi connectivity index (χ3v) is 4.66. The summed E-state index contributed by atoms with van der Waals surface area (Å²) < 4.78 is 13.4. The SMILES string of the molecule is O=C(CCc1ccccc1F)N[C@H]1C[C@@H]2CC[C@@H]1C2. The minimum atomic E-state index is -0.213. The van der Waals surface area contributed by atoms with Crippen LogP contribution >= 0.6 is 0 Å². The summed E-state index contributed by atoms with van der Waals surface area (Å²) in [6.45, 7) is 0. The molecule has 0 unspecified atom stereocenters. The molecule has 2 aliphatic rings. The third-order valence-electron chi connectivity index (χ3n) is 4.66. The summed E-state index contributed by atoms with van der Waals surface area (Å²) >= 11 is 0. The van der Waals surface area contributed by atoms with Crippen LogP contribution in [0.4, 0.5) is 4.39 Å². The van der Waals surface area contributed by atoms with Crippen LogP contribution in [-0.2, 0) is 11.2 Å². The average molecular weight is 261 g/mol. The summed E-state index contributed by atoms with van der Waals surface area (Å²) in [5.41, 5.74) is 0.630. The second kappa shape index (κ2) is 5.32. The van der Waals surface area contributed by atoms with E-state index >= 15 is 0 Å². The van der Waals surface area contributed by atoms with Crippen LogP contribution in [-0.4, -0.2) is 11.9 Å². The lowest BCUT2D eigenvalue weighted by molar-refractivity contribution is -0.122. The van der Waals surface area contributed by atoms with Gasteiger partial charge in [0.05, 0.1) is 0 Å². The quantitative estimate of drug-likeness (QED) is 0.886. The highest BCUT2D eigenvalue weighted by atomic mass is 19.1. The van der Waals surface area contributed by atoms with Crippen molar-refractivity contribution in [3.8, 4) is 0 Å². The van der Waals surface area contributed by atoms with Crippen molar-refractivity contribution in [2.75, 3.05) is 0 Å². The highest BCUT2D eigenvalue weighted by Gasteiger charge is 2.39. The minimum Gasteiger partial charge on any atom is -0.353 e. The van der Waals surface area contributed by atoms with E-state index in [2.05, 4.69) is 5.32 Å². The molecule has 0 spiro atoms. The molecule has 0 saturated heterocycles. The molecule has 2 fully saturated rings. The molecule has 1 N–H and O–H groups in total. The second-order valence-electron chi connectivity index (χ2n) is 5.94. The fourth-order valence-corrected chi connectivity index (χ4v) is 3.65. The van der Waals surface area contributed by atoms with Gasteiger partial charge in [0.25, 0.3) is 0 Å². The third kappa shape index (κ3) is 2.80. The Balaban J connectivity index is 1.48. The fourth-order valence-electron chi connectivity index (χ4n) is 3.65. The number of carbonyl (C=O) groups is 1. The van der Waals surface area contributed by atoms with E-state index in [0.717, 1.165) is 12.3 Å². The first-order valence-electron chi connectivity index (χ1n) is 7.25. The number of halogens is 1. The van der Waals surface area contributed by atoms with Crippen LogP contribution in [0, 0.1) is 17.7 Å². The van der Waals surface area contributed by atoms with Crippen molar-refractivity contribution in [3.63, 3.8) is 0 Å². The number of benzene rings is 1. The molecule has 3 rings (SSSR count). The highest BCUT2D eigenvalue weighted by Crippen LogP contribution is 2.44. The number of aryl methyl sites for hydroxylation is 1. The zero-order valence-corrected chi connectivity index (χ0v) is 11.1. The Kier molecular flexibility index (Phi) is 3.54. The Hall–Kier alpha value is -1.38. The van der Waals surface area contributed by atoms with Gasteiger partial charge in [-0.05, 0) is 49.1 Å². The van der Waals surface area contributed by atoms with E-state index in [9.17, 15) is 9.18 Å². The van der Waals surface area contributed by atoms with Gasteiger partial charge < -0.3 is 5.32 Å². The van der Waals surface area contributed by atoms with E-state index in [1.807, 2.05) is 6.07 Å². The minimum absolute atomic E-state index is 0.0702. The lowest BCUT2D eigenvalue weighted by Gasteiger charge is -2.22. The van der Waals surface area contributed by atoms with Gasteiger partial charge in [0.2, 0.25) is 5.91 Å². The number of amides is 1. The zero-order valence-electron chi connectivity index (χ0n) is 11.1. The first kappa shape index (κ1) is 12.6. The summed E-state index contributed by atoms with van der Waals surface area (Å²) in [4.78, 5) is 11.9. The number of nitrogens with one attached hydrogen (secondary N) is 1. The molecule has 0 heterocycles. The van der Waals surface area contributed by atoms with Gasteiger partial charge in [0.15, 0.2) is 0 Å². The maximum Gasteiger partial charge on any atom is 0.220 e. The predicted molar refractivity (Wildman–Crippen MR) is 72.1 cm³/mol. The van der Waals surface area contributed by atoms with Crippen molar-refractivity contribution in [3.05, 3.63) is 35.6 Å². The molecule has 0 aliphatic heterocycles. The first-order chi connectivity index (χ1) is 9.22. The summed E-state index contributed by atoms with van der Waals surface area (Å²) in [6.07, 6.45) is 5.91. The number of carbonyl (C=O) groups excluding carboxylic acids is 1. The lowest BCUT2D eigenvalue weighted by Crippen LogP contribution is -2.38. The van der Waals surface area contributed by atoms with E-state index < -0.39 is 0 Å². The lowest BCUT2D eigenvalue weighted by atomic mass is 9.95. The molecule has 1 aromatic rings. The zero-order chi connectivity index (χ0) is 13.2. The molecule has 102 valence electrons. The maximum absolute atomic E-state index is 13.4. The van der Waals surface area contributed by atoms with Gasteiger partial charge in [0, 0.05) is 12.5 Å². The van der Waals surface area contributed by atoms with Crippen molar-refractivity contribution in [2.24, 2.45) is 11.8 Å². The van der Waals surface area contributed by atoms with Gasteiger partial charge in [-0.25, -0.2) is 4.39 Å². The van der Waals surface area contributed by atoms with Crippen molar-refractivity contribution in [1.82, 2.24) is 5.32 Å². The molecule has 0 radical (unpaired) electrons. The molecule has 2 saturated carbocycles. The van der Waals surface area contributed by atoms with Crippen molar-refractivity contribution < 1.29 is 9.18 Å². The molecule has 2 aliphatic carbocycles. The van der Waals surface area contributed by atoms with E-state index in [-0.39, 0.29) is 11.7 Å². The standard InChI is InChI=1S/C16H20FNO/c17-14-4-2-1-3-12(14)7-8-16(19)18-15-10-11-5-6-13(15)9-11/h1-4,11,13,15H,5-10H2,(H,18,19)/t11-,13-,15+/m1/s1. The molecule has 0 aromatic heterocycles. The van der Waals surface area contributed by atoms with Gasteiger partial charge in [0.1, 0.15) is 5.82 Å². The molecular weight excluding hydrogens is 241 g/mol. The maximum atomic E-state index is 13.4. The van der Waals surface area contributed by atoms with Gasteiger partial charge in [-0.3, -0.25) is 4.79 Å². The summed E-state index contributed by atoms with van der Waals surface area (Å²) in [5.74, 6) is 1.39. The molecule has 2 nitrogen and oxygen atoms in total. The molecular formula is C16H20FNO. The van der Waals surface area contributed by atoms with Crippen LogP contribution in [0.2, 0.25) is 0 Å². The average Bonchev–Trinajstić information content (AvgIpc) is 3.00. The Labute approximate surface area is 113 Å². The Bertz CT molecular complexity index is 474. The molecule has 1 aromatic carbocycles. The summed E-state index contributed by atoms with van der Waals surface area (Å²) in [6, 6.07) is 7.07. The van der Waals surface area contributed by atoms with Crippen molar-refractivity contribution >= 4 is 5.91 Å². The van der Waals surface area contributed by atoms with E-state index in [1.54, 1.807) is 12.1 Å². The van der Waals surface area contributed by atoms with Crippen LogP contribution in [0.1, 0.15) is 37.7 Å². The molecule has 3 heteroatoms. The van der Waals surface area contributed by atoms with Crippen LogP contribution < -0.4 is 5.32 Å². The summed E-state index contributed by atoms with van der Waals surface area (Å²) in [5, 5.41) is 3.14. The first-order valence-corrected chi connectivity index (χ1v) is 7.25. The smallest absolute Gasteiger partial charge is 0.220 e. The molecule has 1 amide bonds. The molecule has 3 atom stereocenters. The van der Waals surface area contributed by atoms with Crippen molar-refractivity contribution in [2.45, 2.75) is 44.6 Å². The predicted octanol–water partition coefficient (Wildman–Crippen LogP) is 3.06.